The van der Waals surface area contributed by atoms with Gasteiger partial charge >= 0.3 is 51.4 Å². The molecule has 0 bridgehead atoms. The number of aliphatic hydroxyl groups is 1. The van der Waals surface area contributed by atoms with Crippen molar-refractivity contribution in [3.05, 3.63) is 0 Å². The molecule has 0 unspecified atom stereocenters. The Morgan fingerprint density at radius 3 is 1.81 bits per heavy atom. The molecule has 0 radical (unpaired) electrons. The van der Waals surface area contributed by atoms with Crippen LogP contribution in [0.4, 0.5) is 0 Å². The molecule has 2 N–H and O–H groups in total. The van der Waals surface area contributed by atoms with Gasteiger partial charge in [-0.25, -0.2) is 0 Å². The van der Waals surface area contributed by atoms with Crippen LogP contribution in [0, 0.1) is 0 Å². The van der Waals surface area contributed by atoms with Gasteiger partial charge in [0.15, 0.2) is 0 Å². The Kier molecular flexibility index (Phi) is 9.27. The normalized spacial score (nSPS) is 19.4. The van der Waals surface area contributed by atoms with Crippen LogP contribution in [0.5, 0.6) is 0 Å². The van der Waals surface area contributed by atoms with Crippen LogP contribution in [-0.4, -0.2) is 131 Å². The molecule has 1 aliphatic rings. The van der Waals surface area contributed by atoms with E-state index < -0.39 is 10.1 Å². The third-order valence-electron chi connectivity index (χ3n) is 2.55. The number of nitrogens with zero attached hydrogens (tertiary/aromatic N) is 2. The van der Waals surface area contributed by atoms with Crippen molar-refractivity contribution in [3.8, 4) is 0 Å². The molecule has 8 heteroatoms. The third kappa shape index (κ3) is 7.69. The molecule has 0 aliphatic carbocycles. The van der Waals surface area contributed by atoms with Gasteiger partial charge in [-0.05, 0) is 0 Å². The van der Waals surface area contributed by atoms with Gasteiger partial charge in [-0.2, -0.15) is 8.42 Å². The molecular weight excluding hydrogens is 259 g/mol. The Labute approximate surface area is 139 Å². The topological polar surface area (TPSA) is 81.1 Å². The fraction of sp³-hybridized carbons (Fsp3) is 1.00. The van der Waals surface area contributed by atoms with Crippen LogP contribution in [-0.2, 0) is 10.1 Å². The number of β-amino-alcohol motifs (C(OH)–C–C–N with tert-alkyl or cyclic N) is 1. The predicted octanol–water partition coefficient (Wildman–Crippen LogP) is -2.16. The van der Waals surface area contributed by atoms with Crippen molar-refractivity contribution in [1.82, 2.24) is 9.80 Å². The average Bonchev–Trinajstić information content (AvgIpc) is 2.16. The summed E-state index contributed by atoms with van der Waals surface area (Å²) in [6.45, 7) is 4.46. The Balaban J connectivity index is 0.00000225. The minimum atomic E-state index is -3.84. The predicted molar refractivity (Wildman–Crippen MR) is 63.5 cm³/mol. The van der Waals surface area contributed by atoms with Crippen molar-refractivity contribution in [2.45, 2.75) is 0 Å². The Hall–Kier alpha value is 1.43. The van der Waals surface area contributed by atoms with Gasteiger partial charge in [-0.1, -0.05) is 0 Å². The van der Waals surface area contributed by atoms with E-state index in [-0.39, 0.29) is 63.7 Å². The molecule has 1 rings (SSSR count). The van der Waals surface area contributed by atoms with E-state index in [1.165, 1.54) is 0 Å². The summed E-state index contributed by atoms with van der Waals surface area (Å²) < 4.78 is 29.6. The van der Waals surface area contributed by atoms with Crippen molar-refractivity contribution in [2.24, 2.45) is 0 Å². The van der Waals surface area contributed by atoms with Crippen molar-refractivity contribution in [2.75, 3.05) is 51.6 Å². The van der Waals surface area contributed by atoms with Crippen LogP contribution in [0.15, 0.2) is 0 Å². The first kappa shape index (κ1) is 17.4. The molecule has 0 spiro atoms. The molecule has 6 nitrogen and oxygen atoms in total. The third-order valence-corrected chi connectivity index (χ3v) is 3.25. The quantitative estimate of drug-likeness (QED) is 0.440. The summed E-state index contributed by atoms with van der Waals surface area (Å²) in [7, 11) is -3.84. The first-order valence-electron chi connectivity index (χ1n) is 5.02. The molecule has 1 saturated heterocycles. The van der Waals surface area contributed by atoms with Crippen LogP contribution < -0.4 is 0 Å². The molecule has 16 heavy (non-hydrogen) atoms. The van der Waals surface area contributed by atoms with Crippen LogP contribution in [0.25, 0.3) is 0 Å². The van der Waals surface area contributed by atoms with E-state index in [1.807, 2.05) is 4.90 Å². The van der Waals surface area contributed by atoms with Gasteiger partial charge in [0.05, 0.1) is 12.4 Å². The van der Waals surface area contributed by atoms with Gasteiger partial charge < -0.3 is 5.11 Å². The van der Waals surface area contributed by atoms with Crippen LogP contribution in [0.3, 0.4) is 0 Å². The zero-order valence-electron chi connectivity index (χ0n) is 8.67. The summed E-state index contributed by atoms with van der Waals surface area (Å²) in [6, 6.07) is 0. The molecular formula is C8H19KN2O4S. The van der Waals surface area contributed by atoms with E-state index in [9.17, 15) is 8.42 Å². The van der Waals surface area contributed by atoms with Crippen molar-refractivity contribution >= 4 is 61.5 Å². The standard InChI is InChI=1S/C8H18N2O4S.K.H/c11-7-5-9-1-3-10(4-2-9)6-8-15(12,13)14;;/h11H,1-8H2,(H,12,13,14);;. The van der Waals surface area contributed by atoms with E-state index >= 15 is 0 Å². The van der Waals surface area contributed by atoms with E-state index in [4.69, 9.17) is 9.66 Å². The Morgan fingerprint density at radius 1 is 1.00 bits per heavy atom. The van der Waals surface area contributed by atoms with Crippen molar-refractivity contribution < 1.29 is 18.1 Å². The summed E-state index contributed by atoms with van der Waals surface area (Å²) in [6.07, 6.45) is 0. The molecule has 0 aromatic heterocycles. The molecule has 1 aliphatic heterocycles. The van der Waals surface area contributed by atoms with Gasteiger partial charge in [0.25, 0.3) is 10.1 Å². The average molecular weight is 278 g/mol. The first-order valence-corrected chi connectivity index (χ1v) is 6.63. The molecule has 1 heterocycles. The second kappa shape index (κ2) is 8.51. The molecule has 0 aromatic carbocycles. The van der Waals surface area contributed by atoms with Crippen molar-refractivity contribution in [3.63, 3.8) is 0 Å². The van der Waals surface area contributed by atoms with Gasteiger partial charge in [0.2, 0.25) is 0 Å². The molecule has 0 saturated carbocycles. The summed E-state index contributed by atoms with van der Waals surface area (Å²) in [4.78, 5) is 4.13. The number of aliphatic hydroxyl groups excluding tert-OH is 1. The molecule has 0 aromatic rings. The molecule has 0 atom stereocenters. The van der Waals surface area contributed by atoms with E-state index in [2.05, 4.69) is 4.90 Å². The summed E-state index contributed by atoms with van der Waals surface area (Å²) in [5, 5.41) is 8.73. The zero-order chi connectivity index (χ0) is 11.3. The summed E-state index contributed by atoms with van der Waals surface area (Å²) in [5.41, 5.74) is 0. The van der Waals surface area contributed by atoms with E-state index in [0.717, 1.165) is 26.2 Å². The van der Waals surface area contributed by atoms with Gasteiger partial charge in [0, 0.05) is 39.3 Å². The fourth-order valence-electron chi connectivity index (χ4n) is 1.62. The number of hydrogen-bond acceptors (Lipinski definition) is 5. The molecule has 92 valence electrons. The fourth-order valence-corrected chi connectivity index (χ4v) is 2.11. The van der Waals surface area contributed by atoms with Crippen LogP contribution >= 0.6 is 0 Å². The van der Waals surface area contributed by atoms with Crippen molar-refractivity contribution in [1.29, 1.82) is 0 Å². The number of rotatable bonds is 5. The molecule has 0 amide bonds. The SMILES string of the molecule is O=S(=O)(O)CCN1CCN(CCO)CC1.[KH]. The Bertz CT molecular complexity index is 278. The van der Waals surface area contributed by atoms with Crippen LogP contribution in [0.1, 0.15) is 0 Å². The molecule has 1 fully saturated rings. The second-order valence-corrected chi connectivity index (χ2v) is 5.27. The van der Waals surface area contributed by atoms with E-state index in [0.29, 0.717) is 13.1 Å². The second-order valence-electron chi connectivity index (χ2n) is 3.69. The zero-order valence-corrected chi connectivity index (χ0v) is 9.49. The first-order chi connectivity index (χ1) is 7.01. The maximum absolute atomic E-state index is 10.5. The number of piperazine rings is 1. The van der Waals surface area contributed by atoms with Gasteiger partial charge in [0.1, 0.15) is 0 Å². The maximum atomic E-state index is 10.5. The monoisotopic (exact) mass is 278 g/mol. The van der Waals surface area contributed by atoms with E-state index in [1.54, 1.807) is 0 Å². The Morgan fingerprint density at radius 2 is 1.44 bits per heavy atom. The number of hydrogen-bond donors (Lipinski definition) is 2. The van der Waals surface area contributed by atoms with Gasteiger partial charge in [-0.3, -0.25) is 14.4 Å². The van der Waals surface area contributed by atoms with Gasteiger partial charge in [-0.15, -0.1) is 0 Å². The minimum absolute atomic E-state index is 0. The summed E-state index contributed by atoms with van der Waals surface area (Å²) >= 11 is 0. The summed E-state index contributed by atoms with van der Waals surface area (Å²) in [5.74, 6) is -0.201. The van der Waals surface area contributed by atoms with Crippen LogP contribution in [0.2, 0.25) is 0 Å².